The number of hydrogen-bond acceptors (Lipinski definition) is 2. The lowest BCUT2D eigenvalue weighted by molar-refractivity contribution is 0.627. The lowest BCUT2D eigenvalue weighted by Crippen LogP contribution is -1.55. The average Bonchev–Trinajstić information content (AvgIpc) is 1.38. The molecule has 0 aromatic rings. The molecule has 0 aliphatic rings. The minimum atomic E-state index is -1.95. The van der Waals surface area contributed by atoms with Crippen molar-refractivity contribution in [1.29, 1.82) is 0 Å². The van der Waals surface area contributed by atoms with E-state index in [2.05, 4.69) is 0 Å². The molecular formula is C2H5ClO2S. The van der Waals surface area contributed by atoms with Crippen molar-refractivity contribution in [3.05, 3.63) is 0 Å². The summed E-state index contributed by atoms with van der Waals surface area (Å²) in [7, 11) is -1.95. The molecule has 0 saturated heterocycles. The smallest absolute Gasteiger partial charge is 0.185 e. The molecule has 0 saturated carbocycles. The summed E-state index contributed by atoms with van der Waals surface area (Å²) in [5.41, 5.74) is 0. The molecule has 0 rings (SSSR count). The summed E-state index contributed by atoms with van der Waals surface area (Å²) in [5.74, 6) is 0. The van der Waals surface area contributed by atoms with Crippen molar-refractivity contribution in [2.24, 2.45) is 0 Å². The van der Waals surface area contributed by atoms with Crippen LogP contribution in [0.3, 0.4) is 0 Å². The standard InChI is InChI=1S/C2H4O2S.ClH/c1-2-5(3)4;/h2H,1H3;1H. The van der Waals surface area contributed by atoms with Crippen LogP contribution in [0.1, 0.15) is 6.92 Å². The fourth-order valence-electron chi connectivity index (χ4n) is 0. The van der Waals surface area contributed by atoms with Gasteiger partial charge in [-0.3, -0.25) is 0 Å². The number of hydrogen-bond donors (Lipinski definition) is 0. The third-order valence-corrected chi connectivity index (χ3v) is 0.577. The predicted octanol–water partition coefficient (Wildman–Crippen LogP) is 0.109. The summed E-state index contributed by atoms with van der Waals surface area (Å²) in [6.45, 7) is 1.46. The van der Waals surface area contributed by atoms with Gasteiger partial charge in [0.15, 0.2) is 0 Å². The molecule has 0 fully saturated rings. The fraction of sp³-hybridized carbons (Fsp3) is 0.500. The van der Waals surface area contributed by atoms with E-state index < -0.39 is 10.3 Å². The summed E-state index contributed by atoms with van der Waals surface area (Å²) < 4.78 is 18.6. The molecule has 0 spiro atoms. The van der Waals surface area contributed by atoms with Crippen LogP contribution in [0.25, 0.3) is 0 Å². The Morgan fingerprint density at radius 1 is 1.50 bits per heavy atom. The molecule has 0 aliphatic carbocycles. The number of halogens is 1. The van der Waals surface area contributed by atoms with Gasteiger partial charge in [-0.1, -0.05) is 0 Å². The second-order valence-electron chi connectivity index (χ2n) is 0.496. The van der Waals surface area contributed by atoms with E-state index in [0.29, 0.717) is 0 Å². The zero-order valence-electron chi connectivity index (χ0n) is 3.21. The molecular weight excluding hydrogens is 124 g/mol. The van der Waals surface area contributed by atoms with Gasteiger partial charge in [-0.05, 0) is 6.92 Å². The minimum Gasteiger partial charge on any atom is -0.185 e. The molecule has 0 radical (unpaired) electrons. The predicted molar refractivity (Wildman–Crippen MR) is 27.9 cm³/mol. The molecule has 0 bridgehead atoms. The quantitative estimate of drug-likeness (QED) is 0.434. The summed E-state index contributed by atoms with van der Waals surface area (Å²) in [4.78, 5) is 0. The van der Waals surface area contributed by atoms with Crippen molar-refractivity contribution in [2.45, 2.75) is 6.92 Å². The van der Waals surface area contributed by atoms with Crippen LogP contribution in [0.5, 0.6) is 0 Å². The molecule has 0 amide bonds. The Morgan fingerprint density at radius 3 is 1.67 bits per heavy atom. The summed E-state index contributed by atoms with van der Waals surface area (Å²) in [6, 6.07) is 0. The van der Waals surface area contributed by atoms with Gasteiger partial charge in [0.1, 0.15) is 0 Å². The average molecular weight is 129 g/mol. The van der Waals surface area contributed by atoms with Gasteiger partial charge in [0.2, 0.25) is 10.3 Å². The zero-order valence-corrected chi connectivity index (χ0v) is 4.84. The lowest BCUT2D eigenvalue weighted by atomic mass is 11.0. The van der Waals surface area contributed by atoms with Gasteiger partial charge in [-0.15, -0.1) is 12.4 Å². The Hall–Kier alpha value is -0.0200. The second kappa shape index (κ2) is 4.98. The maximum atomic E-state index is 9.31. The van der Waals surface area contributed by atoms with Gasteiger partial charge < -0.3 is 0 Å². The minimum absolute atomic E-state index is 0. The summed E-state index contributed by atoms with van der Waals surface area (Å²) in [5, 5.41) is 1.08. The molecule has 4 heteroatoms. The summed E-state index contributed by atoms with van der Waals surface area (Å²) in [6.07, 6.45) is 0. The van der Waals surface area contributed by atoms with Crippen LogP contribution in [0.4, 0.5) is 0 Å². The van der Waals surface area contributed by atoms with Gasteiger partial charge in [-0.25, -0.2) is 0 Å². The van der Waals surface area contributed by atoms with Crippen molar-refractivity contribution in [2.75, 3.05) is 0 Å². The molecule has 0 aromatic heterocycles. The van der Waals surface area contributed by atoms with Crippen LogP contribution >= 0.6 is 12.4 Å². The Kier molecular flexibility index (Phi) is 7.77. The third kappa shape index (κ3) is 9.02. The van der Waals surface area contributed by atoms with E-state index in [-0.39, 0.29) is 12.4 Å². The van der Waals surface area contributed by atoms with Crippen LogP contribution in [0.15, 0.2) is 0 Å². The summed E-state index contributed by atoms with van der Waals surface area (Å²) >= 11 is 0. The van der Waals surface area contributed by atoms with Crippen LogP contribution in [-0.4, -0.2) is 13.8 Å². The van der Waals surface area contributed by atoms with Crippen molar-refractivity contribution >= 4 is 28.1 Å². The Bertz CT molecular complexity index is 114. The maximum absolute atomic E-state index is 9.31. The molecule has 0 N–H and O–H groups in total. The fourth-order valence-corrected chi connectivity index (χ4v) is 0. The maximum Gasteiger partial charge on any atom is 0.209 e. The second-order valence-corrected chi connectivity index (χ2v) is 1.49. The first kappa shape index (κ1) is 9.36. The molecule has 38 valence electrons. The topological polar surface area (TPSA) is 34.1 Å². The first-order valence-corrected chi connectivity index (χ1v) is 2.28. The van der Waals surface area contributed by atoms with E-state index in [1.54, 1.807) is 0 Å². The van der Waals surface area contributed by atoms with E-state index in [9.17, 15) is 8.42 Å². The van der Waals surface area contributed by atoms with Crippen molar-refractivity contribution in [3.63, 3.8) is 0 Å². The Balaban J connectivity index is 0. The van der Waals surface area contributed by atoms with Gasteiger partial charge in [-0.2, -0.15) is 8.42 Å². The SMILES string of the molecule is CC=S(=O)=O.Cl. The lowest BCUT2D eigenvalue weighted by Gasteiger charge is -1.38. The van der Waals surface area contributed by atoms with Crippen molar-refractivity contribution in [3.8, 4) is 0 Å². The molecule has 0 atom stereocenters. The molecule has 0 heterocycles. The van der Waals surface area contributed by atoms with Crippen LogP contribution in [0, 0.1) is 0 Å². The first-order valence-electron chi connectivity index (χ1n) is 1.15. The van der Waals surface area contributed by atoms with E-state index >= 15 is 0 Å². The highest BCUT2D eigenvalue weighted by atomic mass is 35.5. The largest absolute Gasteiger partial charge is 0.209 e. The van der Waals surface area contributed by atoms with Crippen molar-refractivity contribution < 1.29 is 8.42 Å². The van der Waals surface area contributed by atoms with Gasteiger partial charge in [0, 0.05) is 5.37 Å². The van der Waals surface area contributed by atoms with Gasteiger partial charge in [0.25, 0.3) is 0 Å². The normalized spacial score (nSPS) is 5.50. The highest BCUT2D eigenvalue weighted by Gasteiger charge is 1.47. The van der Waals surface area contributed by atoms with E-state index in [1.165, 1.54) is 6.92 Å². The molecule has 6 heavy (non-hydrogen) atoms. The molecule has 0 aliphatic heterocycles. The monoisotopic (exact) mass is 128 g/mol. The molecule has 0 unspecified atom stereocenters. The molecule has 2 nitrogen and oxygen atoms in total. The highest BCUT2D eigenvalue weighted by molar-refractivity contribution is 7.71. The van der Waals surface area contributed by atoms with Crippen LogP contribution in [0.2, 0.25) is 0 Å². The third-order valence-electron chi connectivity index (χ3n) is 0.192. The van der Waals surface area contributed by atoms with Gasteiger partial charge in [0.05, 0.1) is 0 Å². The van der Waals surface area contributed by atoms with Crippen LogP contribution < -0.4 is 0 Å². The zero-order chi connectivity index (χ0) is 4.28. The van der Waals surface area contributed by atoms with Crippen molar-refractivity contribution in [1.82, 2.24) is 0 Å². The first-order chi connectivity index (χ1) is 2.27. The Labute approximate surface area is 44.1 Å². The van der Waals surface area contributed by atoms with Crippen LogP contribution in [-0.2, 0) is 10.3 Å². The Morgan fingerprint density at radius 2 is 1.67 bits per heavy atom. The van der Waals surface area contributed by atoms with E-state index in [4.69, 9.17) is 0 Å². The molecule has 0 aromatic carbocycles. The van der Waals surface area contributed by atoms with E-state index in [1.807, 2.05) is 0 Å². The highest BCUT2D eigenvalue weighted by Crippen LogP contribution is 1.31. The van der Waals surface area contributed by atoms with E-state index in [0.717, 1.165) is 5.37 Å². The number of rotatable bonds is 0. The van der Waals surface area contributed by atoms with Gasteiger partial charge >= 0.3 is 0 Å².